The van der Waals surface area contributed by atoms with Gasteiger partial charge in [0.2, 0.25) is 0 Å². The van der Waals surface area contributed by atoms with Crippen LogP contribution in [0, 0.1) is 11.8 Å². The minimum atomic E-state index is 0.759. The van der Waals surface area contributed by atoms with Crippen LogP contribution in [-0.2, 0) is 6.54 Å². The molecule has 1 aromatic carbocycles. The molecule has 1 fully saturated rings. The zero-order chi connectivity index (χ0) is 20.8. The molecule has 0 spiro atoms. The second-order valence-electron chi connectivity index (χ2n) is 9.35. The normalized spacial score (nSPS) is 21.4. The van der Waals surface area contributed by atoms with Gasteiger partial charge < -0.3 is 0 Å². The van der Waals surface area contributed by atoms with E-state index < -0.39 is 0 Å². The van der Waals surface area contributed by atoms with E-state index in [1.807, 2.05) is 0 Å². The van der Waals surface area contributed by atoms with Crippen LogP contribution < -0.4 is 0 Å². The van der Waals surface area contributed by atoms with Crippen LogP contribution >= 0.6 is 0 Å². The molecule has 2 aromatic rings. The maximum Gasteiger partial charge on any atom is 0.100 e. The highest BCUT2D eigenvalue weighted by Gasteiger charge is 2.22. The Hall–Kier alpha value is -2.35. The number of allylic oxidation sites excluding steroid dienone is 5. The third-order valence-corrected chi connectivity index (χ3v) is 6.74. The van der Waals surface area contributed by atoms with Crippen LogP contribution in [-0.4, -0.2) is 9.78 Å². The van der Waals surface area contributed by atoms with Crippen LogP contribution in [0.1, 0.15) is 70.3 Å². The largest absolute Gasteiger partial charge is 0.271 e. The van der Waals surface area contributed by atoms with E-state index in [0.717, 1.165) is 36.9 Å². The van der Waals surface area contributed by atoms with Gasteiger partial charge in [0.15, 0.2) is 0 Å². The molecule has 158 valence electrons. The van der Waals surface area contributed by atoms with Crippen molar-refractivity contribution in [3.05, 3.63) is 72.5 Å². The van der Waals surface area contributed by atoms with Gasteiger partial charge in [0.1, 0.15) is 5.69 Å². The molecule has 4 rings (SSSR count). The molecule has 2 aliphatic rings. The molecule has 0 saturated heterocycles. The molecule has 0 unspecified atom stereocenters. The SMILES string of the molecule is C=C(C)CCCC1CCC(Cn2cc(C3=CCCC=C3)c(-c3ccccc3)n2)CC1. The second kappa shape index (κ2) is 10.1. The fourth-order valence-electron chi connectivity index (χ4n) is 5.01. The first-order chi connectivity index (χ1) is 14.7. The van der Waals surface area contributed by atoms with Crippen LogP contribution in [0.15, 0.2) is 66.9 Å². The van der Waals surface area contributed by atoms with Gasteiger partial charge in [-0.2, -0.15) is 5.10 Å². The number of benzene rings is 1. The predicted molar refractivity (Wildman–Crippen MR) is 128 cm³/mol. The molecule has 1 aromatic heterocycles. The van der Waals surface area contributed by atoms with Crippen LogP contribution in [0.4, 0.5) is 0 Å². The van der Waals surface area contributed by atoms with Gasteiger partial charge in [-0.1, -0.05) is 73.4 Å². The highest BCUT2D eigenvalue weighted by atomic mass is 15.3. The Balaban J connectivity index is 1.43. The van der Waals surface area contributed by atoms with E-state index >= 15 is 0 Å². The Kier molecular flexibility index (Phi) is 7.04. The van der Waals surface area contributed by atoms with Gasteiger partial charge in [-0.25, -0.2) is 0 Å². The minimum Gasteiger partial charge on any atom is -0.271 e. The van der Waals surface area contributed by atoms with Crippen LogP contribution in [0.3, 0.4) is 0 Å². The molecule has 0 amide bonds. The predicted octanol–water partition coefficient (Wildman–Crippen LogP) is 7.84. The highest BCUT2D eigenvalue weighted by molar-refractivity contribution is 5.83. The molecule has 2 aliphatic carbocycles. The summed E-state index contributed by atoms with van der Waals surface area (Å²) in [6.07, 6.45) is 20.8. The maximum atomic E-state index is 5.07. The van der Waals surface area contributed by atoms with Crippen molar-refractivity contribution in [1.82, 2.24) is 9.78 Å². The number of nitrogens with zero attached hydrogens (tertiary/aromatic N) is 2. The maximum absolute atomic E-state index is 5.07. The molecule has 30 heavy (non-hydrogen) atoms. The highest BCUT2D eigenvalue weighted by Crippen LogP contribution is 2.35. The Morgan fingerprint density at radius 1 is 1.07 bits per heavy atom. The first kappa shape index (κ1) is 20.9. The van der Waals surface area contributed by atoms with Crippen molar-refractivity contribution in [2.45, 2.75) is 71.3 Å². The lowest BCUT2D eigenvalue weighted by Crippen LogP contribution is -2.19. The molecule has 1 heterocycles. The van der Waals surface area contributed by atoms with Gasteiger partial charge in [0, 0.05) is 23.9 Å². The van der Waals surface area contributed by atoms with Crippen molar-refractivity contribution in [2.24, 2.45) is 11.8 Å². The van der Waals surface area contributed by atoms with Gasteiger partial charge >= 0.3 is 0 Å². The fraction of sp³-hybridized carbons (Fsp3) is 0.464. The monoisotopic (exact) mass is 400 g/mol. The molecule has 1 saturated carbocycles. The Morgan fingerprint density at radius 2 is 1.83 bits per heavy atom. The summed E-state index contributed by atoms with van der Waals surface area (Å²) in [7, 11) is 0. The molecule has 0 N–H and O–H groups in total. The van der Waals surface area contributed by atoms with Crippen LogP contribution in [0.25, 0.3) is 16.8 Å². The lowest BCUT2D eigenvalue weighted by Gasteiger charge is -2.28. The van der Waals surface area contributed by atoms with E-state index in [1.54, 1.807) is 0 Å². The van der Waals surface area contributed by atoms with E-state index in [1.165, 1.54) is 67.2 Å². The summed E-state index contributed by atoms with van der Waals surface area (Å²) in [4.78, 5) is 0. The molecule has 2 heteroatoms. The summed E-state index contributed by atoms with van der Waals surface area (Å²) < 4.78 is 2.23. The summed E-state index contributed by atoms with van der Waals surface area (Å²) in [5.41, 5.74) is 6.28. The molecular formula is C28H36N2. The minimum absolute atomic E-state index is 0.759. The van der Waals surface area contributed by atoms with Crippen LogP contribution in [0.5, 0.6) is 0 Å². The van der Waals surface area contributed by atoms with E-state index in [-0.39, 0.29) is 0 Å². The third-order valence-electron chi connectivity index (χ3n) is 6.74. The number of hydrogen-bond acceptors (Lipinski definition) is 1. The molecule has 2 nitrogen and oxygen atoms in total. The quantitative estimate of drug-likeness (QED) is 0.413. The number of rotatable bonds is 8. The molecule has 0 atom stereocenters. The average molecular weight is 401 g/mol. The Bertz CT molecular complexity index is 892. The van der Waals surface area contributed by atoms with E-state index in [4.69, 9.17) is 5.10 Å². The van der Waals surface area contributed by atoms with Crippen molar-refractivity contribution >= 4 is 5.57 Å². The molecule has 0 radical (unpaired) electrons. The lowest BCUT2D eigenvalue weighted by atomic mass is 9.79. The van der Waals surface area contributed by atoms with E-state index in [9.17, 15) is 0 Å². The molecule has 0 aliphatic heterocycles. The summed E-state index contributed by atoms with van der Waals surface area (Å²) >= 11 is 0. The third kappa shape index (κ3) is 5.41. The van der Waals surface area contributed by atoms with Crippen molar-refractivity contribution in [3.63, 3.8) is 0 Å². The fourth-order valence-corrected chi connectivity index (χ4v) is 5.01. The summed E-state index contributed by atoms with van der Waals surface area (Å²) in [6.45, 7) is 7.25. The average Bonchev–Trinajstić information content (AvgIpc) is 3.20. The summed E-state index contributed by atoms with van der Waals surface area (Å²) in [6, 6.07) is 10.7. The van der Waals surface area contributed by atoms with E-state index in [0.29, 0.717) is 0 Å². The Labute approximate surface area is 182 Å². The first-order valence-corrected chi connectivity index (χ1v) is 11.8. The molecule has 0 bridgehead atoms. The van der Waals surface area contributed by atoms with Gasteiger partial charge in [0.05, 0.1) is 0 Å². The second-order valence-corrected chi connectivity index (χ2v) is 9.35. The number of aromatic nitrogens is 2. The molecular weight excluding hydrogens is 364 g/mol. The topological polar surface area (TPSA) is 17.8 Å². The van der Waals surface area contributed by atoms with Crippen molar-refractivity contribution in [2.75, 3.05) is 0 Å². The zero-order valence-corrected chi connectivity index (χ0v) is 18.5. The summed E-state index contributed by atoms with van der Waals surface area (Å²) in [5, 5.41) is 5.07. The van der Waals surface area contributed by atoms with E-state index in [2.05, 4.69) is 72.9 Å². The smallest absolute Gasteiger partial charge is 0.100 e. The van der Waals surface area contributed by atoms with Crippen molar-refractivity contribution in [1.29, 1.82) is 0 Å². The summed E-state index contributed by atoms with van der Waals surface area (Å²) in [5.74, 6) is 1.68. The lowest BCUT2D eigenvalue weighted by molar-refractivity contribution is 0.235. The van der Waals surface area contributed by atoms with Crippen molar-refractivity contribution in [3.8, 4) is 11.3 Å². The van der Waals surface area contributed by atoms with Gasteiger partial charge in [-0.3, -0.25) is 4.68 Å². The first-order valence-electron chi connectivity index (χ1n) is 11.8. The van der Waals surface area contributed by atoms with Gasteiger partial charge in [0.25, 0.3) is 0 Å². The van der Waals surface area contributed by atoms with Crippen molar-refractivity contribution < 1.29 is 0 Å². The van der Waals surface area contributed by atoms with Crippen LogP contribution in [0.2, 0.25) is 0 Å². The van der Waals surface area contributed by atoms with Gasteiger partial charge in [-0.05, 0) is 62.9 Å². The standard InChI is InChI=1S/C28H36N2/c1-22(2)10-9-11-23-16-18-24(19-17-23)20-30-21-27(25-12-5-3-6-13-25)28(29-30)26-14-7-4-8-15-26/h4-5,7-8,12-15,21,23-24H,1,3,6,9-11,16-20H2,2H3. The zero-order valence-electron chi connectivity index (χ0n) is 18.5. The van der Waals surface area contributed by atoms with Gasteiger partial charge in [-0.15, -0.1) is 6.58 Å². The number of hydrogen-bond donors (Lipinski definition) is 0. The Morgan fingerprint density at radius 3 is 2.53 bits per heavy atom.